The zero-order valence-electron chi connectivity index (χ0n) is 13.0. The molecule has 2 heterocycles. The summed E-state index contributed by atoms with van der Waals surface area (Å²) in [6.07, 6.45) is 0. The molecule has 0 bridgehead atoms. The molecule has 1 saturated heterocycles. The summed E-state index contributed by atoms with van der Waals surface area (Å²) in [6.45, 7) is 0.353. The topological polar surface area (TPSA) is 54.7 Å². The molecule has 0 spiro atoms. The Bertz CT molecular complexity index is 747. The van der Waals surface area contributed by atoms with E-state index in [-0.39, 0.29) is 18.7 Å². The van der Waals surface area contributed by atoms with E-state index in [1.807, 2.05) is 0 Å². The van der Waals surface area contributed by atoms with Gasteiger partial charge in [0.15, 0.2) is 11.4 Å². The molecule has 0 aliphatic carbocycles. The van der Waals surface area contributed by atoms with Crippen LogP contribution in [-0.4, -0.2) is 43.2 Å². The quantitative estimate of drug-likeness (QED) is 0.911. The normalized spacial score (nSPS) is 19.1. The first-order chi connectivity index (χ1) is 11.4. The number of fused-ring (bicyclic) bond motifs is 1. The van der Waals surface area contributed by atoms with Gasteiger partial charge in [-0.1, -0.05) is 12.1 Å². The van der Waals surface area contributed by atoms with Crippen LogP contribution in [0.4, 0.5) is 18.0 Å². The van der Waals surface area contributed by atoms with Crippen LogP contribution in [0.2, 0.25) is 0 Å². The van der Waals surface area contributed by atoms with Gasteiger partial charge in [0.2, 0.25) is 0 Å². The van der Waals surface area contributed by atoms with Crippen LogP contribution in [0.5, 0.6) is 0 Å². The van der Waals surface area contributed by atoms with E-state index in [4.69, 9.17) is 9.15 Å². The Morgan fingerprint density at radius 2 is 2.21 bits per heavy atom. The van der Waals surface area contributed by atoms with E-state index in [9.17, 15) is 18.0 Å². The molecule has 1 aliphatic rings. The van der Waals surface area contributed by atoms with E-state index in [1.165, 1.54) is 6.07 Å². The largest absolute Gasteiger partial charge is 0.456 e. The van der Waals surface area contributed by atoms with Crippen molar-refractivity contribution >= 4 is 17.0 Å². The number of benzene rings is 1. The highest BCUT2D eigenvalue weighted by molar-refractivity contribution is 5.79. The molecule has 1 N–H and O–H groups in total. The average molecular weight is 342 g/mol. The Morgan fingerprint density at radius 1 is 1.42 bits per heavy atom. The van der Waals surface area contributed by atoms with Crippen LogP contribution >= 0.6 is 0 Å². The maximum atomic E-state index is 13.7. The van der Waals surface area contributed by atoms with Gasteiger partial charge in [-0.05, 0) is 19.1 Å². The summed E-state index contributed by atoms with van der Waals surface area (Å²) in [7, 11) is 0. The van der Waals surface area contributed by atoms with Crippen molar-refractivity contribution in [1.29, 1.82) is 0 Å². The lowest BCUT2D eigenvalue weighted by atomic mass is 10.2. The number of alkyl halides is 2. The maximum absolute atomic E-state index is 13.7. The monoisotopic (exact) mass is 342 g/mol. The van der Waals surface area contributed by atoms with E-state index in [0.717, 1.165) is 4.90 Å². The Labute approximate surface area is 136 Å². The molecule has 1 atom stereocenters. The van der Waals surface area contributed by atoms with Crippen molar-refractivity contribution in [2.75, 3.05) is 26.3 Å². The summed E-state index contributed by atoms with van der Waals surface area (Å²) < 4.78 is 50.9. The zero-order valence-corrected chi connectivity index (χ0v) is 13.0. The molecule has 1 unspecified atom stereocenters. The first kappa shape index (κ1) is 16.6. The van der Waals surface area contributed by atoms with Crippen LogP contribution in [0.3, 0.4) is 0 Å². The number of hydrogen-bond acceptors (Lipinski definition) is 3. The summed E-state index contributed by atoms with van der Waals surface area (Å²) >= 11 is 0. The number of ether oxygens (including phenoxy) is 1. The Hall–Kier alpha value is -2.22. The fourth-order valence-corrected chi connectivity index (χ4v) is 2.58. The van der Waals surface area contributed by atoms with E-state index >= 15 is 0 Å². The maximum Gasteiger partial charge on any atom is 0.318 e. The smallest absolute Gasteiger partial charge is 0.318 e. The first-order valence-electron chi connectivity index (χ1n) is 7.55. The molecule has 1 aromatic heterocycles. The molecule has 0 saturated carbocycles. The number of carbonyl (C=O) groups excluding carboxylic acids is 1. The van der Waals surface area contributed by atoms with Gasteiger partial charge in [-0.25, -0.2) is 18.0 Å². The van der Waals surface area contributed by atoms with Crippen LogP contribution < -0.4 is 5.32 Å². The number of halogens is 3. The number of hydrogen-bond donors (Lipinski definition) is 1. The second-order valence-corrected chi connectivity index (χ2v) is 5.81. The van der Waals surface area contributed by atoms with E-state index in [2.05, 4.69) is 5.32 Å². The summed E-state index contributed by atoms with van der Waals surface area (Å²) in [6, 6.07) is 4.89. The van der Waals surface area contributed by atoms with Gasteiger partial charge in [0.25, 0.3) is 5.92 Å². The lowest BCUT2D eigenvalue weighted by Gasteiger charge is -2.25. The molecule has 0 radical (unpaired) electrons. The molecular weight excluding hydrogens is 325 g/mol. The van der Waals surface area contributed by atoms with Crippen molar-refractivity contribution in [2.45, 2.75) is 18.9 Å². The summed E-state index contributed by atoms with van der Waals surface area (Å²) in [5.74, 6) is -3.23. The number of nitrogens with zero attached hydrogens (tertiary/aromatic N) is 1. The van der Waals surface area contributed by atoms with Gasteiger partial charge < -0.3 is 19.4 Å². The van der Waals surface area contributed by atoms with Crippen LogP contribution in [0.25, 0.3) is 11.0 Å². The van der Waals surface area contributed by atoms with E-state index < -0.39 is 37.0 Å². The number of carbonyl (C=O) groups is 1. The molecule has 1 fully saturated rings. The predicted octanol–water partition coefficient (Wildman–Crippen LogP) is 3.31. The predicted molar refractivity (Wildman–Crippen MR) is 80.5 cm³/mol. The Morgan fingerprint density at radius 3 is 2.96 bits per heavy atom. The molecule has 1 aromatic carbocycles. The highest BCUT2D eigenvalue weighted by atomic mass is 19.3. The molecule has 8 heteroatoms. The third-order valence-corrected chi connectivity index (χ3v) is 3.81. The average Bonchev–Trinajstić information content (AvgIpc) is 2.87. The standard InChI is InChI=1S/C16H17F3N2O3/c1-10(13-7-11-3-2-4-12(17)14(11)24-13)20-15(22)21-5-6-23-9-16(18,19)8-21/h2-4,7,10H,5-6,8-9H2,1H3,(H,20,22). The van der Waals surface area contributed by atoms with Crippen molar-refractivity contribution in [1.82, 2.24) is 10.2 Å². The Balaban J connectivity index is 1.72. The number of nitrogens with one attached hydrogen (secondary N) is 1. The summed E-state index contributed by atoms with van der Waals surface area (Å²) in [5.41, 5.74) is 0.100. The molecule has 5 nitrogen and oxygen atoms in total. The molecule has 2 amide bonds. The van der Waals surface area contributed by atoms with Crippen molar-refractivity contribution in [2.24, 2.45) is 0 Å². The molecule has 3 rings (SSSR count). The second kappa shape index (κ2) is 6.35. The second-order valence-electron chi connectivity index (χ2n) is 5.81. The fourth-order valence-electron chi connectivity index (χ4n) is 2.58. The third-order valence-electron chi connectivity index (χ3n) is 3.81. The minimum absolute atomic E-state index is 0.0488. The third kappa shape index (κ3) is 3.48. The molecule has 130 valence electrons. The lowest BCUT2D eigenvalue weighted by molar-refractivity contribution is -0.0652. The van der Waals surface area contributed by atoms with Gasteiger partial charge in [-0.15, -0.1) is 0 Å². The summed E-state index contributed by atoms with van der Waals surface area (Å²) in [4.78, 5) is 13.2. The highest BCUT2D eigenvalue weighted by Gasteiger charge is 2.36. The molecule has 1 aliphatic heterocycles. The number of furan rings is 1. The molecule has 2 aromatic rings. The van der Waals surface area contributed by atoms with Gasteiger partial charge in [0, 0.05) is 11.9 Å². The fraction of sp³-hybridized carbons (Fsp3) is 0.438. The van der Waals surface area contributed by atoms with Gasteiger partial charge in [-0.3, -0.25) is 0 Å². The van der Waals surface area contributed by atoms with Crippen LogP contribution in [-0.2, 0) is 4.74 Å². The van der Waals surface area contributed by atoms with Crippen molar-refractivity contribution < 1.29 is 27.1 Å². The van der Waals surface area contributed by atoms with Crippen molar-refractivity contribution in [3.8, 4) is 0 Å². The van der Waals surface area contributed by atoms with Crippen molar-refractivity contribution in [3.05, 3.63) is 35.8 Å². The molecular formula is C16H17F3N2O3. The van der Waals surface area contributed by atoms with Gasteiger partial charge >= 0.3 is 6.03 Å². The van der Waals surface area contributed by atoms with Crippen LogP contribution in [0.15, 0.2) is 28.7 Å². The zero-order chi connectivity index (χ0) is 17.3. The van der Waals surface area contributed by atoms with Gasteiger partial charge in [-0.2, -0.15) is 0 Å². The van der Waals surface area contributed by atoms with Crippen LogP contribution in [0, 0.1) is 5.82 Å². The van der Waals surface area contributed by atoms with Gasteiger partial charge in [0.05, 0.1) is 19.2 Å². The van der Waals surface area contributed by atoms with Gasteiger partial charge in [0.1, 0.15) is 12.4 Å². The number of urea groups is 1. The number of rotatable bonds is 2. The van der Waals surface area contributed by atoms with Crippen molar-refractivity contribution in [3.63, 3.8) is 0 Å². The number of amides is 2. The first-order valence-corrected chi connectivity index (χ1v) is 7.55. The minimum atomic E-state index is -3.08. The SMILES string of the molecule is CC(NC(=O)N1CCOCC(F)(F)C1)c1cc2cccc(F)c2o1. The van der Waals surface area contributed by atoms with E-state index in [1.54, 1.807) is 25.1 Å². The Kier molecular flexibility index (Phi) is 4.40. The molecule has 24 heavy (non-hydrogen) atoms. The minimum Gasteiger partial charge on any atom is -0.456 e. The highest BCUT2D eigenvalue weighted by Crippen LogP contribution is 2.26. The number of para-hydroxylation sites is 1. The summed E-state index contributed by atoms with van der Waals surface area (Å²) in [5, 5.41) is 3.16. The van der Waals surface area contributed by atoms with E-state index in [0.29, 0.717) is 11.1 Å². The van der Waals surface area contributed by atoms with Crippen LogP contribution in [0.1, 0.15) is 18.7 Å². The lowest BCUT2D eigenvalue weighted by Crippen LogP contribution is -2.46.